The highest BCUT2D eigenvalue weighted by Gasteiger charge is 2.24. The first kappa shape index (κ1) is 18.4. The second-order valence-electron chi connectivity index (χ2n) is 6.08. The van der Waals surface area contributed by atoms with Crippen LogP contribution in [0.25, 0.3) is 0 Å². The minimum Gasteiger partial charge on any atom is -0.466 e. The molecule has 0 aliphatic heterocycles. The Balaban J connectivity index is 3.87. The predicted molar refractivity (Wildman–Crippen MR) is 75.7 cm³/mol. The fourth-order valence-corrected chi connectivity index (χ4v) is 1.88. The average molecular weight is 274 g/mol. The van der Waals surface area contributed by atoms with Crippen molar-refractivity contribution in [3.63, 3.8) is 0 Å². The zero-order chi connectivity index (χ0) is 15.1. The lowest BCUT2D eigenvalue weighted by molar-refractivity contribution is -0.147. The van der Waals surface area contributed by atoms with Gasteiger partial charge in [0, 0.05) is 0 Å². The van der Waals surface area contributed by atoms with Gasteiger partial charge in [-0.2, -0.15) is 0 Å². The first-order valence-corrected chi connectivity index (χ1v) is 7.25. The lowest BCUT2D eigenvalue weighted by Crippen LogP contribution is -2.35. The fourth-order valence-electron chi connectivity index (χ4n) is 1.88. The third-order valence-corrected chi connectivity index (χ3v) is 3.53. The van der Waals surface area contributed by atoms with E-state index in [0.29, 0.717) is 18.9 Å². The Bertz CT molecular complexity index is 257. The maximum Gasteiger partial charge on any atom is 0.308 e. The number of hydrogen-bond donors (Lipinski definition) is 2. The van der Waals surface area contributed by atoms with E-state index >= 15 is 0 Å². The summed E-state index contributed by atoms with van der Waals surface area (Å²) in [6, 6.07) is 0. The number of rotatable bonds is 9. The highest BCUT2D eigenvalue weighted by molar-refractivity contribution is 5.71. The van der Waals surface area contributed by atoms with Crippen molar-refractivity contribution in [1.29, 1.82) is 0 Å². The van der Waals surface area contributed by atoms with E-state index in [1.165, 1.54) is 0 Å². The molecule has 0 saturated heterocycles. The van der Waals surface area contributed by atoms with E-state index in [9.17, 15) is 15.0 Å². The number of aliphatic hydroxyl groups excluding tert-OH is 1. The summed E-state index contributed by atoms with van der Waals surface area (Å²) in [6.45, 7) is 9.46. The van der Waals surface area contributed by atoms with Crippen molar-refractivity contribution in [3.05, 3.63) is 0 Å². The van der Waals surface area contributed by atoms with Crippen LogP contribution in [0.1, 0.15) is 60.3 Å². The van der Waals surface area contributed by atoms with Crippen molar-refractivity contribution < 1.29 is 19.7 Å². The third kappa shape index (κ3) is 8.22. The van der Waals surface area contributed by atoms with Crippen LogP contribution in [0, 0.1) is 11.8 Å². The van der Waals surface area contributed by atoms with E-state index in [2.05, 4.69) is 6.92 Å². The van der Waals surface area contributed by atoms with Gasteiger partial charge in [0.2, 0.25) is 0 Å². The molecule has 3 atom stereocenters. The minimum atomic E-state index is -1.04. The highest BCUT2D eigenvalue weighted by Crippen LogP contribution is 2.21. The molecule has 0 aliphatic rings. The van der Waals surface area contributed by atoms with Gasteiger partial charge in [-0.15, -0.1) is 0 Å². The second-order valence-corrected chi connectivity index (χ2v) is 6.08. The summed E-state index contributed by atoms with van der Waals surface area (Å²) in [5.41, 5.74) is -1.04. The zero-order valence-corrected chi connectivity index (χ0v) is 13.0. The van der Waals surface area contributed by atoms with Gasteiger partial charge in [-0.25, -0.2) is 0 Å². The van der Waals surface area contributed by atoms with Crippen molar-refractivity contribution >= 4 is 5.97 Å². The third-order valence-electron chi connectivity index (χ3n) is 3.53. The molecule has 2 unspecified atom stereocenters. The summed E-state index contributed by atoms with van der Waals surface area (Å²) in [4.78, 5) is 11.5. The number of hydrogen-bond acceptors (Lipinski definition) is 4. The van der Waals surface area contributed by atoms with Crippen LogP contribution >= 0.6 is 0 Å². The molecule has 0 aromatic heterocycles. The van der Waals surface area contributed by atoms with Crippen LogP contribution in [0.4, 0.5) is 0 Å². The molecule has 4 heteroatoms. The van der Waals surface area contributed by atoms with Crippen molar-refractivity contribution in [3.8, 4) is 0 Å². The molecule has 0 bridgehead atoms. The molecule has 0 aromatic carbocycles. The van der Waals surface area contributed by atoms with Gasteiger partial charge in [0.25, 0.3) is 0 Å². The quantitative estimate of drug-likeness (QED) is 0.634. The van der Waals surface area contributed by atoms with Gasteiger partial charge in [-0.05, 0) is 52.4 Å². The zero-order valence-electron chi connectivity index (χ0n) is 13.0. The predicted octanol–water partition coefficient (Wildman–Crippen LogP) is 2.51. The van der Waals surface area contributed by atoms with E-state index in [-0.39, 0.29) is 11.9 Å². The molecule has 0 aromatic rings. The van der Waals surface area contributed by atoms with E-state index in [1.54, 1.807) is 13.8 Å². The van der Waals surface area contributed by atoms with Gasteiger partial charge in [-0.1, -0.05) is 13.8 Å². The lowest BCUT2D eigenvalue weighted by atomic mass is 9.90. The van der Waals surface area contributed by atoms with Crippen molar-refractivity contribution in [2.24, 2.45) is 11.8 Å². The maximum atomic E-state index is 11.5. The number of esters is 1. The number of aliphatic hydroxyl groups is 2. The Morgan fingerprint density at radius 3 is 2.16 bits per heavy atom. The Kier molecular flexibility index (Phi) is 8.26. The second kappa shape index (κ2) is 8.54. The Hall–Kier alpha value is -0.610. The molecule has 0 saturated carbocycles. The molecule has 114 valence electrons. The number of ether oxygens (including phenoxy) is 1. The molecule has 2 N–H and O–H groups in total. The van der Waals surface area contributed by atoms with E-state index in [4.69, 9.17) is 4.74 Å². The molecule has 0 spiro atoms. The SMILES string of the molecule is CCOC(=O)C(C)CC[C@H](C)CCC(O)C(C)(C)O. The minimum absolute atomic E-state index is 0.0680. The maximum absolute atomic E-state index is 11.5. The molecule has 19 heavy (non-hydrogen) atoms. The van der Waals surface area contributed by atoms with Crippen molar-refractivity contribution in [2.75, 3.05) is 6.61 Å². The van der Waals surface area contributed by atoms with Gasteiger partial charge in [0.15, 0.2) is 0 Å². The smallest absolute Gasteiger partial charge is 0.308 e. The van der Waals surface area contributed by atoms with Gasteiger partial charge in [0.1, 0.15) is 0 Å². The van der Waals surface area contributed by atoms with Crippen LogP contribution in [-0.2, 0) is 9.53 Å². The highest BCUT2D eigenvalue weighted by atomic mass is 16.5. The van der Waals surface area contributed by atoms with Gasteiger partial charge in [-0.3, -0.25) is 4.79 Å². The van der Waals surface area contributed by atoms with Crippen molar-refractivity contribution in [2.45, 2.75) is 72.0 Å². The molecule has 0 fully saturated rings. The molecule has 0 radical (unpaired) electrons. The first-order valence-electron chi connectivity index (χ1n) is 7.25. The summed E-state index contributed by atoms with van der Waals surface area (Å²) < 4.78 is 4.97. The summed E-state index contributed by atoms with van der Waals surface area (Å²) in [6.07, 6.45) is 2.47. The molecule has 0 heterocycles. The fraction of sp³-hybridized carbons (Fsp3) is 0.933. The normalized spacial score (nSPS) is 16.8. The molecular formula is C15H30O4. The van der Waals surface area contributed by atoms with Crippen LogP contribution in [0.2, 0.25) is 0 Å². The Morgan fingerprint density at radius 2 is 1.68 bits per heavy atom. The summed E-state index contributed by atoms with van der Waals surface area (Å²) in [5, 5.41) is 19.4. The van der Waals surface area contributed by atoms with Crippen LogP contribution in [0.15, 0.2) is 0 Å². The van der Waals surface area contributed by atoms with Gasteiger partial charge >= 0.3 is 5.97 Å². The summed E-state index contributed by atoms with van der Waals surface area (Å²) >= 11 is 0. The molecular weight excluding hydrogens is 244 g/mol. The van der Waals surface area contributed by atoms with E-state index in [0.717, 1.165) is 19.3 Å². The van der Waals surface area contributed by atoms with Gasteiger partial charge < -0.3 is 14.9 Å². The van der Waals surface area contributed by atoms with E-state index in [1.807, 2.05) is 13.8 Å². The summed E-state index contributed by atoms with van der Waals surface area (Å²) in [7, 11) is 0. The molecule has 4 nitrogen and oxygen atoms in total. The first-order chi connectivity index (χ1) is 8.68. The largest absolute Gasteiger partial charge is 0.466 e. The van der Waals surface area contributed by atoms with Crippen LogP contribution < -0.4 is 0 Å². The standard InChI is InChI=1S/C15H30O4/c1-6-19-14(17)12(3)9-7-11(2)8-10-13(16)15(4,5)18/h11-13,16,18H,6-10H2,1-5H3/t11-,12?,13?/m0/s1. The monoisotopic (exact) mass is 274 g/mol. The Labute approximate surface area is 117 Å². The number of carbonyl (C=O) groups excluding carboxylic acids is 1. The van der Waals surface area contributed by atoms with E-state index < -0.39 is 11.7 Å². The number of carbonyl (C=O) groups is 1. The van der Waals surface area contributed by atoms with Crippen LogP contribution in [0.5, 0.6) is 0 Å². The summed E-state index contributed by atoms with van der Waals surface area (Å²) in [5.74, 6) is 0.224. The molecule has 0 rings (SSSR count). The average Bonchev–Trinajstić information content (AvgIpc) is 2.31. The van der Waals surface area contributed by atoms with Crippen LogP contribution in [-0.4, -0.2) is 34.5 Å². The van der Waals surface area contributed by atoms with Gasteiger partial charge in [0.05, 0.1) is 24.2 Å². The Morgan fingerprint density at radius 1 is 1.16 bits per heavy atom. The topological polar surface area (TPSA) is 66.8 Å². The molecule has 0 amide bonds. The lowest BCUT2D eigenvalue weighted by Gasteiger charge is -2.25. The molecule has 0 aliphatic carbocycles. The van der Waals surface area contributed by atoms with Crippen LogP contribution in [0.3, 0.4) is 0 Å². The van der Waals surface area contributed by atoms with Crippen molar-refractivity contribution in [1.82, 2.24) is 0 Å².